The van der Waals surface area contributed by atoms with Gasteiger partial charge in [0, 0.05) is 45.9 Å². The van der Waals surface area contributed by atoms with Crippen LogP contribution in [0.5, 0.6) is 0 Å². The Balaban J connectivity index is 1.44. The quantitative estimate of drug-likeness (QED) is 0.0967. The first kappa shape index (κ1) is 30.2. The van der Waals surface area contributed by atoms with Crippen LogP contribution in [0.2, 0.25) is 0 Å². The Kier molecular flexibility index (Phi) is 6.64. The number of carbonyl (C=O) groups is 8. The highest BCUT2D eigenvalue weighted by molar-refractivity contribution is 6.41. The Morgan fingerprint density at radius 3 is 0.958 bits per heavy atom. The molecule has 0 fully saturated rings. The largest absolute Gasteiger partial charge is 0.481 e. The second-order valence-corrected chi connectivity index (χ2v) is 11.7. The van der Waals surface area contributed by atoms with Gasteiger partial charge in [-0.1, -0.05) is 24.3 Å². The molecule has 0 radical (unpaired) electrons. The fourth-order valence-electron chi connectivity index (χ4n) is 7.12. The number of aliphatic carboxylic acids is 4. The van der Waals surface area contributed by atoms with Crippen molar-refractivity contribution in [3.05, 3.63) is 70.8 Å². The molecule has 7 rings (SSSR count). The molecule has 14 heteroatoms. The molecule has 4 N–H and O–H groups in total. The molecule has 0 unspecified atom stereocenters. The summed E-state index contributed by atoms with van der Waals surface area (Å²) in [6, 6.07) is 8.81. The summed E-state index contributed by atoms with van der Waals surface area (Å²) in [5.74, 6) is -9.19. The van der Waals surface area contributed by atoms with Gasteiger partial charge in [0.1, 0.15) is 12.1 Å². The van der Waals surface area contributed by atoms with E-state index in [-0.39, 0.29) is 33.0 Å². The number of nitrogens with zero attached hydrogens (tertiary/aromatic N) is 2. The normalized spacial score (nSPS) is 15.6. The highest BCUT2D eigenvalue weighted by atomic mass is 16.4. The van der Waals surface area contributed by atoms with Crippen molar-refractivity contribution in [1.29, 1.82) is 0 Å². The van der Waals surface area contributed by atoms with Crippen LogP contribution in [-0.4, -0.2) is 89.8 Å². The standard InChI is InChI=1S/C34H22N2O12/c37-23(38)11-9-21(33(45)46)35-29(41)17-5-1-13-14-2-6-19-28-20(32(44)36(31(19)43)22(34(47)48)10-12-24(39)40)8-4-16(26(14)28)15-3-7-18(30(35)42)27(17)25(13)15/h1-8,21-22H,9-12H2,(H,37,38)(H,39,40)(H,45,46)(H,47,48)/t21-,22-/m0/s1. The maximum absolute atomic E-state index is 13.7. The van der Waals surface area contributed by atoms with Gasteiger partial charge >= 0.3 is 23.9 Å². The number of hydrogen-bond acceptors (Lipinski definition) is 8. The monoisotopic (exact) mass is 650 g/mol. The summed E-state index contributed by atoms with van der Waals surface area (Å²) < 4.78 is 0. The van der Waals surface area contributed by atoms with Crippen molar-refractivity contribution < 1.29 is 58.8 Å². The van der Waals surface area contributed by atoms with Gasteiger partial charge in [-0.3, -0.25) is 38.6 Å². The van der Waals surface area contributed by atoms with Crippen LogP contribution in [0.1, 0.15) is 67.1 Å². The van der Waals surface area contributed by atoms with Crippen LogP contribution in [0.25, 0.3) is 43.1 Å². The van der Waals surface area contributed by atoms with Crippen LogP contribution in [0.4, 0.5) is 0 Å². The van der Waals surface area contributed by atoms with Gasteiger partial charge in [0.25, 0.3) is 23.6 Å². The second-order valence-electron chi connectivity index (χ2n) is 11.7. The molecule has 48 heavy (non-hydrogen) atoms. The molecule has 2 atom stereocenters. The van der Waals surface area contributed by atoms with Gasteiger partial charge in [-0.15, -0.1) is 0 Å². The van der Waals surface area contributed by atoms with Crippen LogP contribution >= 0.6 is 0 Å². The Morgan fingerprint density at radius 1 is 0.458 bits per heavy atom. The maximum Gasteiger partial charge on any atom is 0.326 e. The molecule has 2 aliphatic rings. The number of fused-ring (bicyclic) bond motifs is 2. The molecule has 0 bridgehead atoms. The number of carbonyl (C=O) groups excluding carboxylic acids is 4. The van der Waals surface area contributed by atoms with Gasteiger partial charge in [0.2, 0.25) is 0 Å². The Morgan fingerprint density at radius 2 is 0.729 bits per heavy atom. The van der Waals surface area contributed by atoms with Gasteiger partial charge in [-0.25, -0.2) is 9.59 Å². The van der Waals surface area contributed by atoms with Crippen molar-refractivity contribution in [2.24, 2.45) is 0 Å². The van der Waals surface area contributed by atoms with Gasteiger partial charge in [0.05, 0.1) is 0 Å². The highest BCUT2D eigenvalue weighted by Crippen LogP contribution is 2.46. The van der Waals surface area contributed by atoms with Crippen molar-refractivity contribution in [2.75, 3.05) is 0 Å². The van der Waals surface area contributed by atoms with E-state index >= 15 is 0 Å². The van der Waals surface area contributed by atoms with Crippen molar-refractivity contribution >= 4 is 90.6 Å². The molecule has 4 amide bonds. The number of carboxylic acid groups (broad SMARTS) is 4. The van der Waals surface area contributed by atoms with Crippen molar-refractivity contribution in [3.8, 4) is 0 Å². The number of amides is 4. The van der Waals surface area contributed by atoms with Gasteiger partial charge < -0.3 is 20.4 Å². The smallest absolute Gasteiger partial charge is 0.326 e. The predicted molar refractivity (Wildman–Crippen MR) is 165 cm³/mol. The molecule has 5 aromatic carbocycles. The second kappa shape index (κ2) is 10.6. The average molecular weight is 651 g/mol. The van der Waals surface area contributed by atoms with Crippen LogP contribution in [0.3, 0.4) is 0 Å². The number of carboxylic acids is 4. The summed E-state index contributed by atoms with van der Waals surface area (Å²) in [4.78, 5) is 103. The lowest BCUT2D eigenvalue weighted by Gasteiger charge is -2.33. The first-order valence-electron chi connectivity index (χ1n) is 14.7. The maximum atomic E-state index is 13.7. The fourth-order valence-corrected chi connectivity index (χ4v) is 7.12. The van der Waals surface area contributed by atoms with Crippen LogP contribution in [0, 0.1) is 0 Å². The summed E-state index contributed by atoms with van der Waals surface area (Å²) in [5.41, 5.74) is 0.177. The van der Waals surface area contributed by atoms with Crippen LogP contribution < -0.4 is 0 Å². The predicted octanol–water partition coefficient (Wildman–Crippen LogP) is 3.57. The molecule has 5 aromatic rings. The molecule has 240 valence electrons. The topological polar surface area (TPSA) is 224 Å². The zero-order valence-electron chi connectivity index (χ0n) is 24.6. The lowest BCUT2D eigenvalue weighted by Crippen LogP contribution is -2.50. The lowest BCUT2D eigenvalue weighted by atomic mass is 9.82. The summed E-state index contributed by atoms with van der Waals surface area (Å²) in [7, 11) is 0. The number of benzene rings is 5. The zero-order valence-corrected chi connectivity index (χ0v) is 24.6. The fraction of sp³-hybridized carbons (Fsp3) is 0.176. The van der Waals surface area contributed by atoms with Gasteiger partial charge in [0.15, 0.2) is 0 Å². The van der Waals surface area contributed by atoms with E-state index in [0.29, 0.717) is 42.1 Å². The van der Waals surface area contributed by atoms with E-state index in [1.807, 2.05) is 0 Å². The summed E-state index contributed by atoms with van der Waals surface area (Å²) in [6.07, 6.45) is -2.14. The molecule has 0 saturated carbocycles. The highest BCUT2D eigenvalue weighted by Gasteiger charge is 2.43. The third-order valence-corrected chi connectivity index (χ3v) is 9.16. The molecular formula is C34H22N2O12. The molecule has 0 saturated heterocycles. The first-order valence-corrected chi connectivity index (χ1v) is 14.7. The molecule has 2 heterocycles. The third kappa shape index (κ3) is 4.11. The van der Waals surface area contributed by atoms with Crippen LogP contribution in [0.15, 0.2) is 48.5 Å². The minimum absolute atomic E-state index is 0.0443. The Bertz CT molecular complexity index is 2090. The Hall–Kier alpha value is -6.44. The number of hydrogen-bond donors (Lipinski definition) is 4. The van der Waals surface area contributed by atoms with E-state index < -0.39 is 85.3 Å². The van der Waals surface area contributed by atoms with Crippen molar-refractivity contribution in [2.45, 2.75) is 37.8 Å². The molecule has 14 nitrogen and oxygen atoms in total. The zero-order chi connectivity index (χ0) is 34.3. The van der Waals surface area contributed by atoms with Crippen molar-refractivity contribution in [3.63, 3.8) is 0 Å². The number of imide groups is 2. The van der Waals surface area contributed by atoms with Gasteiger partial charge in [-0.05, 0) is 69.4 Å². The van der Waals surface area contributed by atoms with E-state index in [4.69, 9.17) is 10.2 Å². The molecule has 0 aliphatic carbocycles. The van der Waals surface area contributed by atoms with E-state index in [2.05, 4.69) is 0 Å². The minimum Gasteiger partial charge on any atom is -0.481 e. The van der Waals surface area contributed by atoms with E-state index in [1.54, 1.807) is 24.3 Å². The molecule has 0 spiro atoms. The van der Waals surface area contributed by atoms with Gasteiger partial charge in [-0.2, -0.15) is 0 Å². The average Bonchev–Trinajstić information content (AvgIpc) is 3.04. The summed E-state index contributed by atoms with van der Waals surface area (Å²) >= 11 is 0. The SMILES string of the molecule is O=C(O)CC[C@@H](C(=O)O)N1C(=O)c2ccc3c4ccc5c6c(ccc(c7ccc(c2c37)C1=O)c64)C(=O)N([C@@H](CCC(=O)O)C(=O)O)C5=O. The van der Waals surface area contributed by atoms with Crippen molar-refractivity contribution in [1.82, 2.24) is 9.80 Å². The summed E-state index contributed by atoms with van der Waals surface area (Å²) in [6.45, 7) is 0. The van der Waals surface area contributed by atoms with E-state index in [1.165, 1.54) is 24.3 Å². The molecular weight excluding hydrogens is 628 g/mol. The lowest BCUT2D eigenvalue weighted by molar-refractivity contribution is -0.144. The third-order valence-electron chi connectivity index (χ3n) is 9.16. The van der Waals surface area contributed by atoms with Crippen LogP contribution in [-0.2, 0) is 19.2 Å². The van der Waals surface area contributed by atoms with E-state index in [9.17, 15) is 48.6 Å². The molecule has 2 aliphatic heterocycles. The molecule has 0 aromatic heterocycles. The Labute approximate surface area is 267 Å². The number of rotatable bonds is 10. The summed E-state index contributed by atoms with van der Waals surface area (Å²) in [5, 5.41) is 41.7. The minimum atomic E-state index is -1.71. The van der Waals surface area contributed by atoms with E-state index in [0.717, 1.165) is 0 Å². The first-order chi connectivity index (χ1) is 22.8.